The first-order valence-corrected chi connectivity index (χ1v) is 10.2. The number of nitrogens with zero attached hydrogens (tertiary/aromatic N) is 5. The summed E-state index contributed by atoms with van der Waals surface area (Å²) in [7, 11) is 0. The lowest BCUT2D eigenvalue weighted by Gasteiger charge is -2.31. The van der Waals surface area contributed by atoms with Crippen molar-refractivity contribution in [2.75, 3.05) is 54.9 Å². The van der Waals surface area contributed by atoms with Gasteiger partial charge in [0, 0.05) is 43.8 Å². The fourth-order valence-corrected chi connectivity index (χ4v) is 4.20. The number of rotatable bonds is 3. The van der Waals surface area contributed by atoms with Crippen LogP contribution in [0, 0.1) is 0 Å². The van der Waals surface area contributed by atoms with Gasteiger partial charge in [-0.25, -0.2) is 4.98 Å². The molecule has 5 rings (SSSR count). The monoisotopic (exact) mass is 394 g/mol. The van der Waals surface area contributed by atoms with Gasteiger partial charge in [0.25, 0.3) is 0 Å². The van der Waals surface area contributed by atoms with E-state index in [1.165, 1.54) is 5.69 Å². The van der Waals surface area contributed by atoms with E-state index in [1.54, 1.807) is 0 Å². The average Bonchev–Trinajstić information content (AvgIpc) is 3.18. The number of hydrogen-bond acceptors (Lipinski definition) is 7. The van der Waals surface area contributed by atoms with Gasteiger partial charge in [0.15, 0.2) is 5.82 Å². The molecule has 4 heterocycles. The highest BCUT2D eigenvalue weighted by atomic mass is 16.5. The van der Waals surface area contributed by atoms with Gasteiger partial charge in [0.1, 0.15) is 5.52 Å². The Bertz CT molecular complexity index is 988. The third kappa shape index (κ3) is 3.49. The number of fused-ring (bicyclic) bond motifs is 1. The molecule has 29 heavy (non-hydrogen) atoms. The zero-order valence-electron chi connectivity index (χ0n) is 16.4. The summed E-state index contributed by atoms with van der Waals surface area (Å²) in [5.41, 5.74) is 10.0. The second kappa shape index (κ2) is 7.53. The highest BCUT2D eigenvalue weighted by Gasteiger charge is 2.21. The fourth-order valence-electron chi connectivity index (χ4n) is 4.20. The van der Waals surface area contributed by atoms with Crippen LogP contribution in [0.1, 0.15) is 12.8 Å². The number of aromatic nitrogens is 3. The molecule has 2 aliphatic rings. The number of ether oxygens (including phenoxy) is 1. The summed E-state index contributed by atoms with van der Waals surface area (Å²) >= 11 is 0. The van der Waals surface area contributed by atoms with E-state index >= 15 is 0 Å². The smallest absolute Gasteiger partial charge is 0.222 e. The molecular formula is C21H26N6O2. The Morgan fingerprint density at radius 3 is 2.31 bits per heavy atom. The van der Waals surface area contributed by atoms with Gasteiger partial charge >= 0.3 is 0 Å². The summed E-state index contributed by atoms with van der Waals surface area (Å²) in [5.74, 6) is 1.15. The SMILES string of the molecule is Nc1nc(N2CCOCC2)c2c(ccn2-c2ccc(N3CCC(O)CC3)cc2)n1. The Kier molecular flexibility index (Phi) is 4.73. The lowest BCUT2D eigenvalue weighted by Crippen LogP contribution is -2.37. The first-order valence-electron chi connectivity index (χ1n) is 10.2. The Morgan fingerprint density at radius 1 is 0.897 bits per heavy atom. The number of nitrogens with two attached hydrogens (primary N) is 1. The standard InChI is InChI=1S/C21H26N6O2/c22-21-23-18-7-10-27(19(18)20(24-21)26-11-13-29-14-12-26)16-3-1-15(2-4-16)25-8-5-17(28)6-9-25/h1-4,7,10,17,28H,5-6,8-9,11-14H2,(H2,22,23,24). The number of benzene rings is 1. The highest BCUT2D eigenvalue weighted by Crippen LogP contribution is 2.30. The normalized spacial score (nSPS) is 18.5. The van der Waals surface area contributed by atoms with E-state index in [9.17, 15) is 5.11 Å². The summed E-state index contributed by atoms with van der Waals surface area (Å²) in [4.78, 5) is 13.5. The predicted octanol–water partition coefficient (Wildman–Crippen LogP) is 1.80. The number of aliphatic hydroxyl groups is 1. The summed E-state index contributed by atoms with van der Waals surface area (Å²) in [6, 6.07) is 10.5. The molecule has 2 aliphatic heterocycles. The number of nitrogen functional groups attached to an aromatic ring is 1. The van der Waals surface area contributed by atoms with Crippen LogP contribution in [0.4, 0.5) is 17.5 Å². The minimum absolute atomic E-state index is 0.164. The molecule has 152 valence electrons. The average molecular weight is 394 g/mol. The quantitative estimate of drug-likeness (QED) is 0.700. The first-order chi connectivity index (χ1) is 14.2. The van der Waals surface area contributed by atoms with Crippen molar-refractivity contribution in [3.05, 3.63) is 36.5 Å². The molecule has 0 unspecified atom stereocenters. The summed E-state index contributed by atoms with van der Waals surface area (Å²) < 4.78 is 7.62. The highest BCUT2D eigenvalue weighted by molar-refractivity contribution is 5.89. The van der Waals surface area contributed by atoms with Gasteiger partial charge in [-0.2, -0.15) is 4.98 Å². The summed E-state index contributed by atoms with van der Waals surface area (Å²) in [6.07, 6.45) is 3.51. The minimum atomic E-state index is -0.164. The van der Waals surface area contributed by atoms with Gasteiger partial charge in [-0.3, -0.25) is 0 Å². The van der Waals surface area contributed by atoms with Crippen LogP contribution in [-0.2, 0) is 4.74 Å². The molecule has 3 aromatic rings. The molecule has 2 fully saturated rings. The van der Waals surface area contributed by atoms with Gasteiger partial charge in [0.2, 0.25) is 5.95 Å². The second-order valence-electron chi connectivity index (χ2n) is 7.66. The molecule has 8 nitrogen and oxygen atoms in total. The lowest BCUT2D eigenvalue weighted by atomic mass is 10.1. The molecule has 0 spiro atoms. The Labute approximate surface area is 169 Å². The number of hydrogen-bond donors (Lipinski definition) is 2. The van der Waals surface area contributed by atoms with Crippen LogP contribution in [0.2, 0.25) is 0 Å². The van der Waals surface area contributed by atoms with Crippen molar-refractivity contribution in [2.45, 2.75) is 18.9 Å². The molecule has 0 radical (unpaired) electrons. The van der Waals surface area contributed by atoms with Gasteiger partial charge in [-0.15, -0.1) is 0 Å². The third-order valence-electron chi connectivity index (χ3n) is 5.80. The second-order valence-corrected chi connectivity index (χ2v) is 7.66. The zero-order valence-corrected chi connectivity index (χ0v) is 16.4. The van der Waals surface area contributed by atoms with Gasteiger partial charge < -0.3 is 29.9 Å². The van der Waals surface area contributed by atoms with Crippen molar-refractivity contribution < 1.29 is 9.84 Å². The van der Waals surface area contributed by atoms with E-state index in [2.05, 4.69) is 48.6 Å². The molecular weight excluding hydrogens is 368 g/mol. The van der Waals surface area contributed by atoms with Crippen molar-refractivity contribution in [1.82, 2.24) is 14.5 Å². The van der Waals surface area contributed by atoms with E-state index < -0.39 is 0 Å². The van der Waals surface area contributed by atoms with Crippen LogP contribution in [0.5, 0.6) is 0 Å². The molecule has 0 aliphatic carbocycles. The molecule has 0 amide bonds. The van der Waals surface area contributed by atoms with Crippen molar-refractivity contribution in [3.8, 4) is 5.69 Å². The number of morpholine rings is 1. The van der Waals surface area contributed by atoms with Crippen molar-refractivity contribution in [2.24, 2.45) is 0 Å². The van der Waals surface area contributed by atoms with E-state index in [1.807, 2.05) is 12.3 Å². The third-order valence-corrected chi connectivity index (χ3v) is 5.80. The van der Waals surface area contributed by atoms with Crippen molar-refractivity contribution in [3.63, 3.8) is 0 Å². The van der Waals surface area contributed by atoms with Gasteiger partial charge in [0.05, 0.1) is 24.8 Å². The number of aliphatic hydroxyl groups excluding tert-OH is 1. The van der Waals surface area contributed by atoms with Gasteiger partial charge in [-0.1, -0.05) is 0 Å². The molecule has 3 N–H and O–H groups in total. The van der Waals surface area contributed by atoms with Crippen LogP contribution in [0.3, 0.4) is 0 Å². The first kappa shape index (κ1) is 18.2. The molecule has 0 bridgehead atoms. The molecule has 2 aromatic heterocycles. The van der Waals surface area contributed by atoms with E-state index in [0.29, 0.717) is 19.2 Å². The maximum absolute atomic E-state index is 9.73. The molecule has 1 aromatic carbocycles. The van der Waals surface area contributed by atoms with Crippen LogP contribution >= 0.6 is 0 Å². The van der Waals surface area contributed by atoms with Crippen LogP contribution < -0.4 is 15.5 Å². The van der Waals surface area contributed by atoms with Crippen molar-refractivity contribution >= 4 is 28.5 Å². The Morgan fingerprint density at radius 2 is 1.59 bits per heavy atom. The molecule has 0 atom stereocenters. The maximum Gasteiger partial charge on any atom is 0.222 e. The van der Waals surface area contributed by atoms with E-state index in [-0.39, 0.29) is 6.10 Å². The zero-order chi connectivity index (χ0) is 19.8. The molecule has 2 saturated heterocycles. The molecule has 0 saturated carbocycles. The molecule has 8 heteroatoms. The lowest BCUT2D eigenvalue weighted by molar-refractivity contribution is 0.122. The van der Waals surface area contributed by atoms with Crippen LogP contribution in [-0.4, -0.2) is 65.1 Å². The minimum Gasteiger partial charge on any atom is -0.393 e. The largest absolute Gasteiger partial charge is 0.393 e. The topological polar surface area (TPSA) is 92.7 Å². The van der Waals surface area contributed by atoms with E-state index in [0.717, 1.165) is 61.6 Å². The fraction of sp³-hybridized carbons (Fsp3) is 0.429. The van der Waals surface area contributed by atoms with E-state index in [4.69, 9.17) is 10.5 Å². The number of piperidine rings is 1. The predicted molar refractivity (Wildman–Crippen MR) is 114 cm³/mol. The maximum atomic E-state index is 9.73. The van der Waals surface area contributed by atoms with Crippen LogP contribution in [0.25, 0.3) is 16.7 Å². The summed E-state index contributed by atoms with van der Waals surface area (Å²) in [5, 5.41) is 9.73. The van der Waals surface area contributed by atoms with Crippen molar-refractivity contribution in [1.29, 1.82) is 0 Å². The van der Waals surface area contributed by atoms with Gasteiger partial charge in [-0.05, 0) is 43.2 Å². The Balaban J connectivity index is 1.50. The number of anilines is 3. The Hall–Kier alpha value is -2.84. The van der Waals surface area contributed by atoms with Crippen LogP contribution in [0.15, 0.2) is 36.5 Å². The summed E-state index contributed by atoms with van der Waals surface area (Å²) in [6.45, 7) is 4.73.